The Bertz CT molecular complexity index is 1210. The van der Waals surface area contributed by atoms with E-state index in [0.29, 0.717) is 32.5 Å². The number of nitrogens with two attached hydrogens (primary N) is 1. The highest BCUT2D eigenvalue weighted by molar-refractivity contribution is 8.00. The van der Waals surface area contributed by atoms with Crippen LogP contribution in [0.25, 0.3) is 11.4 Å². The van der Waals surface area contributed by atoms with E-state index in [9.17, 15) is 4.79 Å². The molecule has 31 heavy (non-hydrogen) atoms. The predicted molar refractivity (Wildman–Crippen MR) is 123 cm³/mol. The van der Waals surface area contributed by atoms with E-state index in [1.807, 2.05) is 37.3 Å². The van der Waals surface area contributed by atoms with E-state index in [1.54, 1.807) is 30.5 Å². The maximum Gasteiger partial charge on any atom is 0.242 e. The molecule has 1 amide bonds. The molecule has 10 heteroatoms. The lowest BCUT2D eigenvalue weighted by Gasteiger charge is -2.17. The van der Waals surface area contributed by atoms with E-state index >= 15 is 0 Å². The largest absolute Gasteiger partial charge is 0.469 e. The highest BCUT2D eigenvalue weighted by atomic mass is 35.5. The summed E-state index contributed by atoms with van der Waals surface area (Å²) >= 11 is 13.3. The van der Waals surface area contributed by atoms with Crippen molar-refractivity contribution in [3.63, 3.8) is 0 Å². The fourth-order valence-corrected chi connectivity index (χ4v) is 4.48. The Morgan fingerprint density at radius 1 is 1.13 bits per heavy atom. The zero-order chi connectivity index (χ0) is 22.0. The van der Waals surface area contributed by atoms with Gasteiger partial charge in [0.15, 0.2) is 5.82 Å². The minimum absolute atomic E-state index is 0.279. The number of halogens is 2. The van der Waals surface area contributed by atoms with E-state index in [-0.39, 0.29) is 5.91 Å². The molecule has 0 saturated carbocycles. The first-order valence-corrected chi connectivity index (χ1v) is 10.8. The normalized spacial score (nSPS) is 12.0. The molecule has 0 aliphatic heterocycles. The zero-order valence-corrected chi connectivity index (χ0v) is 18.6. The Balaban J connectivity index is 1.64. The first-order chi connectivity index (χ1) is 14.9. The second-order valence-electron chi connectivity index (χ2n) is 6.62. The Hall–Kier alpha value is -2.94. The lowest BCUT2D eigenvalue weighted by molar-refractivity contribution is -0.115. The van der Waals surface area contributed by atoms with Gasteiger partial charge in [0, 0.05) is 15.7 Å². The summed E-state index contributed by atoms with van der Waals surface area (Å²) < 4.78 is 6.68. The molecule has 1 unspecified atom stereocenters. The molecule has 0 radical (unpaired) electrons. The highest BCUT2D eigenvalue weighted by Crippen LogP contribution is 2.36. The third-order valence-electron chi connectivity index (χ3n) is 4.46. The van der Waals surface area contributed by atoms with Gasteiger partial charge in [-0.3, -0.25) is 4.79 Å². The van der Waals surface area contributed by atoms with E-state index < -0.39 is 5.25 Å². The molecule has 0 bridgehead atoms. The van der Waals surface area contributed by atoms with E-state index in [2.05, 4.69) is 15.5 Å². The molecule has 0 aliphatic carbocycles. The lowest BCUT2D eigenvalue weighted by Crippen LogP contribution is -2.20. The van der Waals surface area contributed by atoms with Gasteiger partial charge in [0.25, 0.3) is 0 Å². The van der Waals surface area contributed by atoms with Gasteiger partial charge in [-0.05, 0) is 36.8 Å². The third-order valence-corrected chi connectivity index (χ3v) is 6.11. The van der Waals surface area contributed by atoms with Crippen LogP contribution in [0.5, 0.6) is 0 Å². The van der Waals surface area contributed by atoms with E-state index in [4.69, 9.17) is 33.5 Å². The van der Waals surface area contributed by atoms with Gasteiger partial charge in [-0.1, -0.05) is 65.3 Å². The van der Waals surface area contributed by atoms with Crippen LogP contribution in [0, 0.1) is 6.92 Å². The summed E-state index contributed by atoms with van der Waals surface area (Å²) in [5.74, 6) is 7.08. The smallest absolute Gasteiger partial charge is 0.242 e. The van der Waals surface area contributed by atoms with Gasteiger partial charge in [-0.25, -0.2) is 4.68 Å². The van der Waals surface area contributed by atoms with Crippen molar-refractivity contribution in [1.82, 2.24) is 14.9 Å². The van der Waals surface area contributed by atoms with Crippen LogP contribution in [0.15, 0.2) is 70.4 Å². The van der Waals surface area contributed by atoms with Crippen molar-refractivity contribution in [3.8, 4) is 11.4 Å². The van der Waals surface area contributed by atoms with Crippen LogP contribution in [0.4, 0.5) is 5.69 Å². The molecule has 0 spiro atoms. The number of nitrogen functional groups attached to an aromatic ring is 1. The number of thioether (sulfide) groups is 1. The van der Waals surface area contributed by atoms with Crippen molar-refractivity contribution in [1.29, 1.82) is 0 Å². The van der Waals surface area contributed by atoms with Gasteiger partial charge in [-0.2, -0.15) is 0 Å². The quantitative estimate of drug-likeness (QED) is 0.289. The number of hydrogen-bond acceptors (Lipinski definition) is 6. The molecule has 0 saturated heterocycles. The predicted octanol–water partition coefficient (Wildman–Crippen LogP) is 5.34. The minimum atomic E-state index is -0.649. The van der Waals surface area contributed by atoms with E-state index in [0.717, 1.165) is 11.1 Å². The summed E-state index contributed by atoms with van der Waals surface area (Å²) in [6.45, 7) is 1.81. The molecule has 158 valence electrons. The molecule has 7 nitrogen and oxygen atoms in total. The molecule has 4 rings (SSSR count). The van der Waals surface area contributed by atoms with Crippen LogP contribution < -0.4 is 11.2 Å². The number of nitrogens with one attached hydrogen (secondary N) is 1. The van der Waals surface area contributed by atoms with Crippen molar-refractivity contribution in [2.75, 3.05) is 11.2 Å². The number of carbonyl (C=O) groups excluding carboxylic acids is 1. The molecule has 3 N–H and O–H groups in total. The van der Waals surface area contributed by atoms with Gasteiger partial charge in [0.05, 0.1) is 11.8 Å². The molecule has 2 aromatic carbocycles. The SMILES string of the molecule is Cc1occc1-c1nnc(SC(C(=O)Nc2cc(Cl)cc(Cl)c2)c2ccccc2)n1N. The maximum absolute atomic E-state index is 13.2. The average molecular weight is 474 g/mol. The highest BCUT2D eigenvalue weighted by Gasteiger charge is 2.26. The van der Waals surface area contributed by atoms with Gasteiger partial charge < -0.3 is 15.6 Å². The van der Waals surface area contributed by atoms with Crippen LogP contribution in [0.1, 0.15) is 16.6 Å². The molecule has 2 aromatic heterocycles. The van der Waals surface area contributed by atoms with Crippen LogP contribution in [0.2, 0.25) is 10.0 Å². The first kappa shape index (κ1) is 21.3. The Morgan fingerprint density at radius 3 is 2.48 bits per heavy atom. The number of anilines is 1. The fraction of sp³-hybridized carbons (Fsp3) is 0.0952. The summed E-state index contributed by atoms with van der Waals surface area (Å²) in [4.78, 5) is 13.2. The summed E-state index contributed by atoms with van der Waals surface area (Å²) in [6, 6.07) is 15.9. The van der Waals surface area contributed by atoms with Gasteiger partial charge in [0.2, 0.25) is 11.1 Å². The lowest BCUT2D eigenvalue weighted by atomic mass is 10.1. The number of nitrogens with zero attached hydrogens (tertiary/aromatic N) is 3. The van der Waals surface area contributed by atoms with Crippen LogP contribution >= 0.6 is 35.0 Å². The molecule has 1 atom stereocenters. The van der Waals surface area contributed by atoms with Gasteiger partial charge >= 0.3 is 0 Å². The maximum atomic E-state index is 13.2. The summed E-state index contributed by atoms with van der Waals surface area (Å²) in [5.41, 5.74) is 2.01. The van der Waals surface area contributed by atoms with Crippen LogP contribution in [-0.4, -0.2) is 20.8 Å². The summed E-state index contributed by atoms with van der Waals surface area (Å²) in [7, 11) is 0. The zero-order valence-electron chi connectivity index (χ0n) is 16.3. The molecular formula is C21H17Cl2N5O2S. The van der Waals surface area contributed by atoms with Crippen LogP contribution in [-0.2, 0) is 4.79 Å². The number of carbonyl (C=O) groups is 1. The number of amides is 1. The van der Waals surface area contributed by atoms with Crippen molar-refractivity contribution >= 4 is 46.6 Å². The van der Waals surface area contributed by atoms with Crippen molar-refractivity contribution in [2.24, 2.45) is 0 Å². The summed E-state index contributed by atoms with van der Waals surface area (Å²) in [5, 5.41) is 11.8. The molecule has 2 heterocycles. The fourth-order valence-electron chi connectivity index (χ4n) is 3.00. The Kier molecular flexibility index (Phi) is 6.22. The van der Waals surface area contributed by atoms with Gasteiger partial charge in [0.1, 0.15) is 11.0 Å². The second kappa shape index (κ2) is 9.05. The van der Waals surface area contributed by atoms with Gasteiger partial charge in [-0.15, -0.1) is 10.2 Å². The number of hydrogen-bond donors (Lipinski definition) is 2. The van der Waals surface area contributed by atoms with Crippen LogP contribution in [0.3, 0.4) is 0 Å². The van der Waals surface area contributed by atoms with Crippen molar-refractivity contribution < 1.29 is 9.21 Å². The topological polar surface area (TPSA) is 99.0 Å². The first-order valence-electron chi connectivity index (χ1n) is 9.16. The number of aryl methyl sites for hydroxylation is 1. The van der Waals surface area contributed by atoms with Crippen molar-refractivity contribution in [2.45, 2.75) is 17.3 Å². The Morgan fingerprint density at radius 2 is 1.84 bits per heavy atom. The molecule has 4 aromatic rings. The number of rotatable bonds is 6. The number of benzene rings is 2. The third kappa shape index (κ3) is 4.71. The Labute approximate surface area is 192 Å². The van der Waals surface area contributed by atoms with E-state index in [1.165, 1.54) is 16.4 Å². The average Bonchev–Trinajstić information content (AvgIpc) is 3.31. The second-order valence-corrected chi connectivity index (χ2v) is 8.57. The number of furan rings is 1. The monoisotopic (exact) mass is 473 g/mol. The molecule has 0 aliphatic rings. The molecule has 0 fully saturated rings. The van der Waals surface area contributed by atoms with Crippen molar-refractivity contribution in [3.05, 3.63) is 82.2 Å². The minimum Gasteiger partial charge on any atom is -0.469 e. The standard InChI is InChI=1S/C21H17Cl2N5O2S/c1-12-17(7-8-30-12)19-26-27-21(28(19)24)31-18(13-5-3-2-4-6-13)20(29)25-16-10-14(22)9-15(23)11-16/h2-11,18H,24H2,1H3,(H,25,29). The molecular weight excluding hydrogens is 457 g/mol. The number of aromatic nitrogens is 3. The summed E-state index contributed by atoms with van der Waals surface area (Å²) in [6.07, 6.45) is 1.56.